The van der Waals surface area contributed by atoms with Crippen LogP contribution in [-0.2, 0) is 11.3 Å². The molecule has 24 heavy (non-hydrogen) atoms. The zero-order valence-corrected chi connectivity index (χ0v) is 14.5. The van der Waals surface area contributed by atoms with E-state index < -0.39 is 0 Å². The first-order valence-corrected chi connectivity index (χ1v) is 8.54. The molecule has 6 heteroatoms. The number of alkyl carbamates (subject to hydrolysis) is 1. The lowest BCUT2D eigenvalue weighted by Gasteiger charge is -2.36. The van der Waals surface area contributed by atoms with Crippen LogP contribution in [0, 0.1) is 0 Å². The summed E-state index contributed by atoms with van der Waals surface area (Å²) >= 11 is 12.0. The van der Waals surface area contributed by atoms with Crippen molar-refractivity contribution in [2.45, 2.75) is 31.5 Å². The van der Waals surface area contributed by atoms with Crippen LogP contribution < -0.4 is 10.6 Å². The second-order valence-corrected chi connectivity index (χ2v) is 6.68. The maximum absolute atomic E-state index is 11.8. The van der Waals surface area contributed by atoms with Gasteiger partial charge in [0.05, 0.1) is 10.7 Å². The van der Waals surface area contributed by atoms with Crippen LogP contribution in [0.5, 0.6) is 0 Å². The number of benzene rings is 2. The molecule has 126 valence electrons. The average molecular weight is 365 g/mol. The summed E-state index contributed by atoms with van der Waals surface area (Å²) in [5, 5.41) is 7.43. The topological polar surface area (TPSA) is 50.4 Å². The van der Waals surface area contributed by atoms with Gasteiger partial charge in [-0.1, -0.05) is 53.5 Å². The molecule has 0 heterocycles. The van der Waals surface area contributed by atoms with E-state index in [9.17, 15) is 4.79 Å². The van der Waals surface area contributed by atoms with Gasteiger partial charge < -0.3 is 15.4 Å². The Morgan fingerprint density at radius 2 is 1.83 bits per heavy atom. The van der Waals surface area contributed by atoms with Crippen LogP contribution in [0.25, 0.3) is 0 Å². The SMILES string of the molecule is O=C(NC1CC(Nc2ccc(Cl)cc2Cl)C1)OCc1ccccc1. The van der Waals surface area contributed by atoms with Gasteiger partial charge in [0.25, 0.3) is 0 Å². The van der Waals surface area contributed by atoms with Crippen LogP contribution in [-0.4, -0.2) is 18.2 Å². The minimum Gasteiger partial charge on any atom is -0.445 e. The number of hydrogen-bond acceptors (Lipinski definition) is 3. The fraction of sp³-hybridized carbons (Fsp3) is 0.278. The number of rotatable bonds is 5. The van der Waals surface area contributed by atoms with Crippen molar-refractivity contribution in [3.8, 4) is 0 Å². The molecule has 0 bridgehead atoms. The summed E-state index contributed by atoms with van der Waals surface area (Å²) in [6.45, 7) is 0.279. The summed E-state index contributed by atoms with van der Waals surface area (Å²) in [7, 11) is 0. The molecule has 4 nitrogen and oxygen atoms in total. The molecule has 2 N–H and O–H groups in total. The summed E-state index contributed by atoms with van der Waals surface area (Å²) in [5.41, 5.74) is 1.83. The third-order valence-corrected chi connectivity index (χ3v) is 4.51. The molecule has 1 aliphatic carbocycles. The van der Waals surface area contributed by atoms with Gasteiger partial charge >= 0.3 is 6.09 Å². The second-order valence-electron chi connectivity index (χ2n) is 5.84. The highest BCUT2D eigenvalue weighted by Gasteiger charge is 2.31. The van der Waals surface area contributed by atoms with E-state index in [0.717, 1.165) is 24.1 Å². The van der Waals surface area contributed by atoms with Crippen molar-refractivity contribution in [1.82, 2.24) is 5.32 Å². The number of hydrogen-bond donors (Lipinski definition) is 2. The lowest BCUT2D eigenvalue weighted by molar-refractivity contribution is 0.129. The van der Waals surface area contributed by atoms with Crippen molar-refractivity contribution >= 4 is 35.0 Å². The van der Waals surface area contributed by atoms with Crippen molar-refractivity contribution in [3.05, 3.63) is 64.1 Å². The molecule has 1 amide bonds. The summed E-state index contributed by atoms with van der Waals surface area (Å²) in [6, 6.07) is 15.4. The molecule has 0 unspecified atom stereocenters. The molecule has 2 aromatic carbocycles. The molecule has 2 aromatic rings. The minimum atomic E-state index is -0.383. The van der Waals surface area contributed by atoms with Crippen molar-refractivity contribution in [2.75, 3.05) is 5.32 Å². The van der Waals surface area contributed by atoms with E-state index in [-0.39, 0.29) is 24.8 Å². The van der Waals surface area contributed by atoms with E-state index >= 15 is 0 Å². The Labute approximate surface area is 151 Å². The Balaban J connectivity index is 1.38. The first kappa shape index (κ1) is 16.9. The van der Waals surface area contributed by atoms with Gasteiger partial charge in [-0.2, -0.15) is 0 Å². The molecule has 0 aliphatic heterocycles. The molecular weight excluding hydrogens is 347 g/mol. The van der Waals surface area contributed by atoms with E-state index in [1.165, 1.54) is 0 Å². The monoisotopic (exact) mass is 364 g/mol. The van der Waals surface area contributed by atoms with Gasteiger partial charge in [0.1, 0.15) is 6.61 Å². The van der Waals surface area contributed by atoms with Crippen molar-refractivity contribution in [3.63, 3.8) is 0 Å². The van der Waals surface area contributed by atoms with E-state index in [1.807, 2.05) is 36.4 Å². The zero-order valence-electron chi connectivity index (χ0n) is 13.0. The van der Waals surface area contributed by atoms with Gasteiger partial charge in [0.15, 0.2) is 0 Å². The number of ether oxygens (including phenoxy) is 1. The number of carbonyl (C=O) groups is 1. The molecule has 0 aromatic heterocycles. The van der Waals surface area contributed by atoms with E-state index in [0.29, 0.717) is 10.0 Å². The fourth-order valence-electron chi connectivity index (χ4n) is 2.61. The minimum absolute atomic E-state index is 0.122. The largest absolute Gasteiger partial charge is 0.445 e. The van der Waals surface area contributed by atoms with E-state index in [4.69, 9.17) is 27.9 Å². The van der Waals surface area contributed by atoms with Crippen LogP contribution in [0.3, 0.4) is 0 Å². The number of nitrogens with one attached hydrogen (secondary N) is 2. The smallest absolute Gasteiger partial charge is 0.407 e. The predicted molar refractivity (Wildman–Crippen MR) is 96.7 cm³/mol. The summed E-state index contributed by atoms with van der Waals surface area (Å²) in [4.78, 5) is 11.8. The van der Waals surface area contributed by atoms with Crippen LogP contribution in [0.4, 0.5) is 10.5 Å². The third kappa shape index (κ3) is 4.56. The number of carbonyl (C=O) groups excluding carboxylic acids is 1. The second kappa shape index (κ2) is 7.77. The van der Waals surface area contributed by atoms with Gasteiger partial charge in [-0.25, -0.2) is 4.79 Å². The van der Waals surface area contributed by atoms with Gasteiger partial charge in [-0.05, 0) is 36.6 Å². The predicted octanol–water partition coefficient (Wildman–Crippen LogP) is 4.86. The summed E-state index contributed by atoms with van der Waals surface area (Å²) in [6.07, 6.45) is 1.28. The van der Waals surface area contributed by atoms with Crippen LogP contribution in [0.1, 0.15) is 18.4 Å². The first-order valence-electron chi connectivity index (χ1n) is 7.79. The van der Waals surface area contributed by atoms with Crippen molar-refractivity contribution < 1.29 is 9.53 Å². The third-order valence-electron chi connectivity index (χ3n) is 3.96. The van der Waals surface area contributed by atoms with Crippen LogP contribution in [0.15, 0.2) is 48.5 Å². The molecule has 1 fully saturated rings. The number of anilines is 1. The standard InChI is InChI=1S/C18H18Cl2N2O2/c19-13-6-7-17(16(20)8-13)21-14-9-15(10-14)22-18(23)24-11-12-4-2-1-3-5-12/h1-8,14-15,21H,9-11H2,(H,22,23). The Morgan fingerprint density at radius 3 is 2.54 bits per heavy atom. The summed E-state index contributed by atoms with van der Waals surface area (Å²) in [5.74, 6) is 0. The molecule has 0 saturated heterocycles. The molecule has 0 spiro atoms. The normalized spacial score (nSPS) is 19.2. The lowest BCUT2D eigenvalue weighted by Crippen LogP contribution is -2.49. The van der Waals surface area contributed by atoms with Gasteiger partial charge in [-0.15, -0.1) is 0 Å². The van der Waals surface area contributed by atoms with Crippen molar-refractivity contribution in [2.24, 2.45) is 0 Å². The van der Waals surface area contributed by atoms with Gasteiger partial charge in [0.2, 0.25) is 0 Å². The van der Waals surface area contributed by atoms with Crippen molar-refractivity contribution in [1.29, 1.82) is 0 Å². The Bertz CT molecular complexity index is 703. The molecule has 1 saturated carbocycles. The number of halogens is 2. The fourth-order valence-corrected chi connectivity index (χ4v) is 3.07. The lowest BCUT2D eigenvalue weighted by atomic mass is 9.86. The quantitative estimate of drug-likeness (QED) is 0.795. The molecule has 1 aliphatic rings. The zero-order chi connectivity index (χ0) is 16.9. The van der Waals surface area contributed by atoms with E-state index in [2.05, 4.69) is 10.6 Å². The Kier molecular flexibility index (Phi) is 5.48. The average Bonchev–Trinajstić information content (AvgIpc) is 2.54. The highest BCUT2D eigenvalue weighted by molar-refractivity contribution is 6.36. The Hall–Kier alpha value is -1.91. The molecular formula is C18H18Cl2N2O2. The molecule has 3 rings (SSSR count). The van der Waals surface area contributed by atoms with Crippen LogP contribution in [0.2, 0.25) is 10.0 Å². The highest BCUT2D eigenvalue weighted by Crippen LogP contribution is 2.30. The van der Waals surface area contributed by atoms with Gasteiger partial charge in [-0.3, -0.25) is 0 Å². The van der Waals surface area contributed by atoms with Crippen LogP contribution >= 0.6 is 23.2 Å². The molecule has 0 radical (unpaired) electrons. The van der Waals surface area contributed by atoms with E-state index in [1.54, 1.807) is 12.1 Å². The summed E-state index contributed by atoms with van der Waals surface area (Å²) < 4.78 is 5.21. The maximum Gasteiger partial charge on any atom is 0.407 e. The Morgan fingerprint density at radius 1 is 1.08 bits per heavy atom. The maximum atomic E-state index is 11.8. The molecule has 0 atom stereocenters. The highest BCUT2D eigenvalue weighted by atomic mass is 35.5. The van der Waals surface area contributed by atoms with Gasteiger partial charge in [0, 0.05) is 17.1 Å². The first-order chi connectivity index (χ1) is 11.6. The number of amides is 1.